The zero-order chi connectivity index (χ0) is 11.8. The first-order chi connectivity index (χ1) is 8.24. The van der Waals surface area contributed by atoms with E-state index in [0.717, 1.165) is 17.1 Å². The second-order valence-corrected chi connectivity index (χ2v) is 4.43. The minimum Gasteiger partial charge on any atom is -0.315 e. The molecule has 0 fully saturated rings. The van der Waals surface area contributed by atoms with Gasteiger partial charge < -0.3 is 5.32 Å². The second kappa shape index (κ2) is 4.05. The van der Waals surface area contributed by atoms with Crippen molar-refractivity contribution in [3.8, 4) is 5.69 Å². The van der Waals surface area contributed by atoms with Crippen molar-refractivity contribution in [2.24, 2.45) is 4.99 Å². The number of nitrogens with one attached hydrogen (secondary N) is 1. The molecular formula is C11H8Cl2N4. The summed E-state index contributed by atoms with van der Waals surface area (Å²) in [5, 5.41) is 8.39. The van der Waals surface area contributed by atoms with Gasteiger partial charge in [-0.15, -0.1) is 0 Å². The van der Waals surface area contributed by atoms with Crippen LogP contribution in [0.25, 0.3) is 5.69 Å². The maximum absolute atomic E-state index is 5.86. The summed E-state index contributed by atoms with van der Waals surface area (Å²) in [6, 6.07) is 7.45. The van der Waals surface area contributed by atoms with Crippen LogP contribution < -0.4 is 5.32 Å². The predicted octanol–water partition coefficient (Wildman–Crippen LogP) is 3.05. The maximum Gasteiger partial charge on any atom is 0.197 e. The molecule has 1 aromatic heterocycles. The summed E-state index contributed by atoms with van der Waals surface area (Å²) in [7, 11) is 0. The zero-order valence-electron chi connectivity index (χ0n) is 8.69. The lowest BCUT2D eigenvalue weighted by Gasteiger charge is -2.13. The van der Waals surface area contributed by atoms with Crippen molar-refractivity contribution < 1.29 is 0 Å². The molecule has 1 aliphatic heterocycles. The Morgan fingerprint density at radius 3 is 2.71 bits per heavy atom. The molecule has 1 aromatic carbocycles. The number of benzene rings is 1. The van der Waals surface area contributed by atoms with Crippen molar-refractivity contribution in [3.63, 3.8) is 0 Å². The predicted molar refractivity (Wildman–Crippen MR) is 69.2 cm³/mol. The van der Waals surface area contributed by atoms with E-state index in [0.29, 0.717) is 16.9 Å². The van der Waals surface area contributed by atoms with E-state index in [9.17, 15) is 0 Å². The van der Waals surface area contributed by atoms with E-state index in [1.54, 1.807) is 10.9 Å². The molecule has 86 valence electrons. The van der Waals surface area contributed by atoms with Gasteiger partial charge in [0.15, 0.2) is 5.29 Å². The topological polar surface area (TPSA) is 42.2 Å². The fourth-order valence-corrected chi connectivity index (χ4v) is 1.98. The lowest BCUT2D eigenvalue weighted by Crippen LogP contribution is -2.14. The first kappa shape index (κ1) is 10.6. The zero-order valence-corrected chi connectivity index (χ0v) is 10.2. The van der Waals surface area contributed by atoms with E-state index < -0.39 is 0 Å². The SMILES string of the molecule is ClC1=NCc2cnn(-c3ccc(Cl)cc3)c2N1. The number of aliphatic imine (C=N–C) groups is 1. The number of hydrogen-bond acceptors (Lipinski definition) is 3. The molecule has 1 aliphatic rings. The van der Waals surface area contributed by atoms with Crippen molar-refractivity contribution in [3.05, 3.63) is 41.0 Å². The molecule has 0 saturated carbocycles. The number of amidine groups is 1. The highest BCUT2D eigenvalue weighted by Crippen LogP contribution is 2.25. The van der Waals surface area contributed by atoms with Crippen LogP contribution in [0.5, 0.6) is 0 Å². The van der Waals surface area contributed by atoms with Crippen molar-refractivity contribution >= 4 is 34.3 Å². The van der Waals surface area contributed by atoms with E-state index in [4.69, 9.17) is 23.2 Å². The van der Waals surface area contributed by atoms with E-state index in [2.05, 4.69) is 15.4 Å². The van der Waals surface area contributed by atoms with Gasteiger partial charge in [0.1, 0.15) is 5.82 Å². The average Bonchev–Trinajstić information content (AvgIpc) is 2.73. The highest BCUT2D eigenvalue weighted by Gasteiger charge is 2.16. The Morgan fingerprint density at radius 1 is 1.18 bits per heavy atom. The largest absolute Gasteiger partial charge is 0.315 e. The molecule has 17 heavy (non-hydrogen) atoms. The molecule has 0 saturated heterocycles. The molecule has 3 rings (SSSR count). The Kier molecular flexibility index (Phi) is 2.53. The molecule has 4 nitrogen and oxygen atoms in total. The number of aromatic nitrogens is 2. The highest BCUT2D eigenvalue weighted by atomic mass is 35.5. The summed E-state index contributed by atoms with van der Waals surface area (Å²) in [6.07, 6.45) is 1.78. The van der Waals surface area contributed by atoms with Crippen molar-refractivity contribution in [2.75, 3.05) is 5.32 Å². The maximum atomic E-state index is 5.86. The van der Waals surface area contributed by atoms with Gasteiger partial charge in [0.25, 0.3) is 0 Å². The highest BCUT2D eigenvalue weighted by molar-refractivity contribution is 6.67. The van der Waals surface area contributed by atoms with E-state index in [-0.39, 0.29) is 0 Å². The summed E-state index contributed by atoms with van der Waals surface area (Å²) in [5.74, 6) is 0.854. The van der Waals surface area contributed by atoms with Crippen LogP contribution in [0.2, 0.25) is 5.02 Å². The van der Waals surface area contributed by atoms with Crippen molar-refractivity contribution in [2.45, 2.75) is 6.54 Å². The normalized spacial score (nSPS) is 13.9. The smallest absolute Gasteiger partial charge is 0.197 e. The van der Waals surface area contributed by atoms with E-state index in [1.807, 2.05) is 24.3 Å². The summed E-state index contributed by atoms with van der Waals surface area (Å²) in [6.45, 7) is 0.550. The summed E-state index contributed by atoms with van der Waals surface area (Å²) in [5.41, 5.74) is 1.94. The lowest BCUT2D eigenvalue weighted by molar-refractivity contribution is 0.887. The molecule has 6 heteroatoms. The molecule has 0 bridgehead atoms. The number of hydrogen-bond donors (Lipinski definition) is 1. The van der Waals surface area contributed by atoms with Gasteiger partial charge in [-0.1, -0.05) is 11.6 Å². The molecule has 0 unspecified atom stereocenters. The quantitative estimate of drug-likeness (QED) is 0.807. The van der Waals surface area contributed by atoms with Gasteiger partial charge in [0.2, 0.25) is 0 Å². The Morgan fingerprint density at radius 2 is 1.94 bits per heavy atom. The van der Waals surface area contributed by atoms with Gasteiger partial charge in [-0.25, -0.2) is 4.68 Å². The third-order valence-electron chi connectivity index (χ3n) is 2.53. The molecule has 0 aliphatic carbocycles. The molecule has 0 amide bonds. The van der Waals surface area contributed by atoms with Crippen LogP contribution in [-0.4, -0.2) is 15.1 Å². The fourth-order valence-electron chi connectivity index (χ4n) is 1.70. The Hall–Kier alpha value is -1.52. The molecule has 0 spiro atoms. The van der Waals surface area contributed by atoms with Crippen LogP contribution in [0, 0.1) is 0 Å². The fraction of sp³-hybridized carbons (Fsp3) is 0.0909. The van der Waals surface area contributed by atoms with Gasteiger partial charge in [0, 0.05) is 10.6 Å². The Labute approximate surface area is 108 Å². The number of halogens is 2. The van der Waals surface area contributed by atoms with Gasteiger partial charge in [-0.3, -0.25) is 4.99 Å². The second-order valence-electron chi connectivity index (χ2n) is 3.64. The van der Waals surface area contributed by atoms with Gasteiger partial charge in [-0.2, -0.15) is 5.10 Å². The first-order valence-corrected chi connectivity index (χ1v) is 5.79. The summed E-state index contributed by atoms with van der Waals surface area (Å²) < 4.78 is 1.78. The molecule has 1 N–H and O–H groups in total. The number of fused-ring (bicyclic) bond motifs is 1. The number of nitrogens with zero attached hydrogens (tertiary/aromatic N) is 3. The lowest BCUT2D eigenvalue weighted by atomic mass is 10.3. The van der Waals surface area contributed by atoms with Crippen LogP contribution in [0.1, 0.15) is 5.56 Å². The third-order valence-corrected chi connectivity index (χ3v) is 2.99. The third kappa shape index (κ3) is 1.90. The molecule has 2 heterocycles. The van der Waals surface area contributed by atoms with Crippen molar-refractivity contribution in [1.82, 2.24) is 9.78 Å². The number of anilines is 1. The minimum absolute atomic E-state index is 0.383. The van der Waals surface area contributed by atoms with Crippen LogP contribution in [0.15, 0.2) is 35.5 Å². The number of rotatable bonds is 1. The van der Waals surface area contributed by atoms with Crippen LogP contribution in [0.3, 0.4) is 0 Å². The van der Waals surface area contributed by atoms with Crippen LogP contribution >= 0.6 is 23.2 Å². The molecule has 0 radical (unpaired) electrons. The Balaban J connectivity index is 2.06. The van der Waals surface area contributed by atoms with Crippen LogP contribution in [0.4, 0.5) is 5.82 Å². The molecular weight excluding hydrogens is 259 g/mol. The monoisotopic (exact) mass is 266 g/mol. The first-order valence-electron chi connectivity index (χ1n) is 5.04. The van der Waals surface area contributed by atoms with Gasteiger partial charge in [-0.05, 0) is 35.9 Å². The molecule has 0 atom stereocenters. The van der Waals surface area contributed by atoms with Crippen LogP contribution in [-0.2, 0) is 6.54 Å². The van der Waals surface area contributed by atoms with Gasteiger partial charge in [0.05, 0.1) is 18.4 Å². The van der Waals surface area contributed by atoms with Crippen molar-refractivity contribution in [1.29, 1.82) is 0 Å². The minimum atomic E-state index is 0.383. The Bertz CT molecular complexity index is 586. The molecule has 2 aromatic rings. The summed E-state index contributed by atoms with van der Waals surface area (Å²) >= 11 is 11.7. The van der Waals surface area contributed by atoms with E-state index >= 15 is 0 Å². The average molecular weight is 267 g/mol. The van der Waals surface area contributed by atoms with Gasteiger partial charge >= 0.3 is 0 Å². The van der Waals surface area contributed by atoms with E-state index in [1.165, 1.54) is 0 Å². The standard InChI is InChI=1S/C11H8Cl2N4/c12-8-1-3-9(4-2-8)17-10-7(6-15-17)5-14-11(13)16-10/h1-4,6H,5H2,(H,14,16). The summed E-state index contributed by atoms with van der Waals surface area (Å²) in [4.78, 5) is 4.09.